The van der Waals surface area contributed by atoms with Gasteiger partial charge in [-0.1, -0.05) is 11.6 Å². The van der Waals surface area contributed by atoms with E-state index in [-0.39, 0.29) is 5.91 Å². The second-order valence-electron chi connectivity index (χ2n) is 5.74. The molecule has 0 unspecified atom stereocenters. The molecule has 2 aromatic rings. The SMILES string of the molecule is O=C(c1cccnc1)N1CCC(COc2ccc(Cl)cc2)CC1. The topological polar surface area (TPSA) is 42.4 Å². The summed E-state index contributed by atoms with van der Waals surface area (Å²) in [5, 5.41) is 0.708. The molecule has 1 amide bonds. The van der Waals surface area contributed by atoms with Crippen molar-refractivity contribution in [3.05, 3.63) is 59.4 Å². The van der Waals surface area contributed by atoms with Crippen LogP contribution in [0, 0.1) is 5.92 Å². The molecule has 0 aliphatic carbocycles. The quantitative estimate of drug-likeness (QED) is 0.859. The zero-order valence-corrected chi connectivity index (χ0v) is 13.6. The van der Waals surface area contributed by atoms with Gasteiger partial charge in [0.2, 0.25) is 0 Å². The number of piperidine rings is 1. The van der Waals surface area contributed by atoms with E-state index < -0.39 is 0 Å². The number of rotatable bonds is 4. The Morgan fingerprint density at radius 3 is 2.61 bits per heavy atom. The highest BCUT2D eigenvalue weighted by atomic mass is 35.5. The lowest BCUT2D eigenvalue weighted by molar-refractivity contribution is 0.0660. The van der Waals surface area contributed by atoms with Crippen LogP contribution < -0.4 is 4.74 Å². The molecule has 0 N–H and O–H groups in total. The highest BCUT2D eigenvalue weighted by Crippen LogP contribution is 2.21. The fourth-order valence-corrected chi connectivity index (χ4v) is 2.85. The lowest BCUT2D eigenvalue weighted by atomic mass is 9.97. The van der Waals surface area contributed by atoms with Gasteiger partial charge < -0.3 is 9.64 Å². The smallest absolute Gasteiger partial charge is 0.255 e. The molecule has 23 heavy (non-hydrogen) atoms. The maximum absolute atomic E-state index is 12.4. The standard InChI is InChI=1S/C18H19ClN2O2/c19-16-3-5-17(6-4-16)23-13-14-7-10-21(11-8-14)18(22)15-2-1-9-20-12-15/h1-6,9,12,14H,7-8,10-11,13H2. The Morgan fingerprint density at radius 1 is 1.22 bits per heavy atom. The summed E-state index contributed by atoms with van der Waals surface area (Å²) in [4.78, 5) is 18.3. The molecule has 2 heterocycles. The molecule has 0 saturated carbocycles. The third-order valence-corrected chi connectivity index (χ3v) is 4.36. The van der Waals surface area contributed by atoms with E-state index in [0.29, 0.717) is 23.1 Å². The number of nitrogens with zero attached hydrogens (tertiary/aromatic N) is 2. The average molecular weight is 331 g/mol. The predicted molar refractivity (Wildman–Crippen MR) is 89.8 cm³/mol. The number of hydrogen-bond acceptors (Lipinski definition) is 3. The van der Waals surface area contributed by atoms with Crippen molar-refractivity contribution < 1.29 is 9.53 Å². The molecule has 1 aliphatic rings. The van der Waals surface area contributed by atoms with Gasteiger partial charge >= 0.3 is 0 Å². The van der Waals surface area contributed by atoms with Gasteiger partial charge in [0.05, 0.1) is 12.2 Å². The van der Waals surface area contributed by atoms with E-state index in [0.717, 1.165) is 31.7 Å². The number of likely N-dealkylation sites (tertiary alicyclic amines) is 1. The molecule has 0 bridgehead atoms. The minimum Gasteiger partial charge on any atom is -0.493 e. The molecule has 5 heteroatoms. The van der Waals surface area contributed by atoms with Crippen LogP contribution in [0.2, 0.25) is 5.02 Å². The van der Waals surface area contributed by atoms with E-state index in [2.05, 4.69) is 4.98 Å². The molecular formula is C18H19ClN2O2. The first-order valence-corrected chi connectivity index (χ1v) is 8.18. The Morgan fingerprint density at radius 2 is 1.96 bits per heavy atom. The van der Waals surface area contributed by atoms with Gasteiger partial charge in [-0.25, -0.2) is 0 Å². The third-order valence-electron chi connectivity index (χ3n) is 4.11. The fourth-order valence-electron chi connectivity index (χ4n) is 2.72. The Bertz CT molecular complexity index is 638. The number of carbonyl (C=O) groups is 1. The molecule has 1 aliphatic heterocycles. The van der Waals surface area contributed by atoms with E-state index in [4.69, 9.17) is 16.3 Å². The van der Waals surface area contributed by atoms with Crippen LogP contribution in [0.4, 0.5) is 0 Å². The molecule has 4 nitrogen and oxygen atoms in total. The zero-order chi connectivity index (χ0) is 16.1. The number of carbonyl (C=O) groups excluding carboxylic acids is 1. The molecule has 1 aromatic carbocycles. The number of aromatic nitrogens is 1. The lowest BCUT2D eigenvalue weighted by Gasteiger charge is -2.31. The minimum absolute atomic E-state index is 0.0650. The zero-order valence-electron chi connectivity index (χ0n) is 12.8. The van der Waals surface area contributed by atoms with E-state index in [1.165, 1.54) is 0 Å². The summed E-state index contributed by atoms with van der Waals surface area (Å²) in [5.74, 6) is 1.38. The van der Waals surface area contributed by atoms with Crippen LogP contribution in [-0.2, 0) is 0 Å². The number of amides is 1. The van der Waals surface area contributed by atoms with Crippen LogP contribution in [0.3, 0.4) is 0 Å². The first-order valence-electron chi connectivity index (χ1n) is 7.80. The van der Waals surface area contributed by atoms with Gasteiger partial charge in [-0.15, -0.1) is 0 Å². The van der Waals surface area contributed by atoms with Gasteiger partial charge in [0.1, 0.15) is 5.75 Å². The van der Waals surface area contributed by atoms with E-state index in [1.54, 1.807) is 18.5 Å². The minimum atomic E-state index is 0.0650. The first kappa shape index (κ1) is 15.8. The second-order valence-corrected chi connectivity index (χ2v) is 6.18. The van der Waals surface area contributed by atoms with Gasteiger partial charge in [0.15, 0.2) is 0 Å². The monoisotopic (exact) mass is 330 g/mol. The van der Waals surface area contributed by atoms with E-state index in [9.17, 15) is 4.79 Å². The Balaban J connectivity index is 1.47. The van der Waals surface area contributed by atoms with Crippen LogP contribution >= 0.6 is 11.6 Å². The predicted octanol–water partition coefficient (Wildman–Crippen LogP) is 3.67. The number of benzene rings is 1. The van der Waals surface area contributed by atoms with Crippen molar-refractivity contribution >= 4 is 17.5 Å². The summed E-state index contributed by atoms with van der Waals surface area (Å²) in [7, 11) is 0. The summed E-state index contributed by atoms with van der Waals surface area (Å²) < 4.78 is 5.81. The third kappa shape index (κ3) is 4.23. The Kier molecular flexibility index (Phi) is 5.13. The number of ether oxygens (including phenoxy) is 1. The van der Waals surface area contributed by atoms with Gasteiger partial charge in [-0.3, -0.25) is 9.78 Å². The van der Waals surface area contributed by atoms with Crippen molar-refractivity contribution in [3.8, 4) is 5.75 Å². The average Bonchev–Trinajstić information content (AvgIpc) is 2.62. The van der Waals surface area contributed by atoms with E-state index in [1.807, 2.05) is 35.2 Å². The van der Waals surface area contributed by atoms with E-state index >= 15 is 0 Å². The molecule has 0 spiro atoms. The maximum Gasteiger partial charge on any atom is 0.255 e. The molecule has 3 rings (SSSR count). The van der Waals surface area contributed by atoms with Crippen LogP contribution in [-0.4, -0.2) is 35.5 Å². The molecule has 0 atom stereocenters. The van der Waals surface area contributed by atoms with Crippen molar-refractivity contribution in [2.75, 3.05) is 19.7 Å². The lowest BCUT2D eigenvalue weighted by Crippen LogP contribution is -2.39. The van der Waals surface area contributed by atoms with Crippen molar-refractivity contribution in [2.45, 2.75) is 12.8 Å². The fraction of sp³-hybridized carbons (Fsp3) is 0.333. The largest absolute Gasteiger partial charge is 0.493 e. The highest BCUT2D eigenvalue weighted by Gasteiger charge is 2.24. The molecular weight excluding hydrogens is 312 g/mol. The summed E-state index contributed by atoms with van der Waals surface area (Å²) in [6.45, 7) is 2.21. The van der Waals surface area contributed by atoms with Gasteiger partial charge in [-0.05, 0) is 55.2 Å². The van der Waals surface area contributed by atoms with Crippen LogP contribution in [0.5, 0.6) is 5.75 Å². The van der Waals surface area contributed by atoms with Crippen molar-refractivity contribution in [1.82, 2.24) is 9.88 Å². The highest BCUT2D eigenvalue weighted by molar-refractivity contribution is 6.30. The maximum atomic E-state index is 12.4. The van der Waals surface area contributed by atoms with Crippen molar-refractivity contribution in [2.24, 2.45) is 5.92 Å². The number of halogens is 1. The van der Waals surface area contributed by atoms with Gasteiger partial charge in [0, 0.05) is 30.5 Å². The summed E-state index contributed by atoms with van der Waals surface area (Å²) >= 11 is 5.86. The molecule has 0 radical (unpaired) electrons. The van der Waals surface area contributed by atoms with Crippen molar-refractivity contribution in [3.63, 3.8) is 0 Å². The van der Waals surface area contributed by atoms with Gasteiger partial charge in [-0.2, -0.15) is 0 Å². The molecule has 1 fully saturated rings. The molecule has 1 saturated heterocycles. The molecule has 120 valence electrons. The number of hydrogen-bond donors (Lipinski definition) is 0. The second kappa shape index (κ2) is 7.47. The van der Waals surface area contributed by atoms with Crippen LogP contribution in [0.1, 0.15) is 23.2 Å². The van der Waals surface area contributed by atoms with Gasteiger partial charge in [0.25, 0.3) is 5.91 Å². The first-order chi connectivity index (χ1) is 11.2. The summed E-state index contributed by atoms with van der Waals surface area (Å²) in [6, 6.07) is 11.0. The Labute approximate surface area is 141 Å². The van der Waals surface area contributed by atoms with Crippen LogP contribution in [0.25, 0.3) is 0 Å². The molecule has 1 aromatic heterocycles. The van der Waals surface area contributed by atoms with Crippen LogP contribution in [0.15, 0.2) is 48.8 Å². The van der Waals surface area contributed by atoms with Crippen molar-refractivity contribution in [1.29, 1.82) is 0 Å². The normalized spacial score (nSPS) is 15.4. The Hall–Kier alpha value is -2.07. The summed E-state index contributed by atoms with van der Waals surface area (Å²) in [6.07, 6.45) is 5.22. The number of pyridine rings is 1. The summed E-state index contributed by atoms with van der Waals surface area (Å²) in [5.41, 5.74) is 0.656.